The SMILES string of the molecule is CC1OC(n2cc(Cl)c3ccccc3c2=O)C(O)C1O. The molecular formula is C14H14ClNO4. The quantitative estimate of drug-likeness (QED) is 0.832. The van der Waals surface area contributed by atoms with Gasteiger partial charge in [0.15, 0.2) is 6.23 Å². The van der Waals surface area contributed by atoms with Crippen LogP contribution in [0.2, 0.25) is 5.02 Å². The summed E-state index contributed by atoms with van der Waals surface area (Å²) in [7, 11) is 0. The molecular weight excluding hydrogens is 282 g/mol. The van der Waals surface area contributed by atoms with E-state index < -0.39 is 24.5 Å². The summed E-state index contributed by atoms with van der Waals surface area (Å²) in [6, 6.07) is 6.96. The number of aromatic nitrogens is 1. The molecule has 0 amide bonds. The largest absolute Gasteiger partial charge is 0.388 e. The second kappa shape index (κ2) is 4.86. The molecule has 0 spiro atoms. The van der Waals surface area contributed by atoms with Gasteiger partial charge in [-0.25, -0.2) is 0 Å². The van der Waals surface area contributed by atoms with Gasteiger partial charge in [0.25, 0.3) is 5.56 Å². The monoisotopic (exact) mass is 295 g/mol. The number of halogens is 1. The normalized spacial score (nSPS) is 30.0. The number of fused-ring (bicyclic) bond motifs is 1. The summed E-state index contributed by atoms with van der Waals surface area (Å²) in [5.74, 6) is 0. The van der Waals surface area contributed by atoms with Crippen molar-refractivity contribution in [2.24, 2.45) is 0 Å². The van der Waals surface area contributed by atoms with Crippen molar-refractivity contribution in [2.75, 3.05) is 0 Å². The molecule has 20 heavy (non-hydrogen) atoms. The van der Waals surface area contributed by atoms with Gasteiger partial charge < -0.3 is 14.9 Å². The van der Waals surface area contributed by atoms with Crippen LogP contribution in [0.4, 0.5) is 0 Å². The lowest BCUT2D eigenvalue weighted by Crippen LogP contribution is -2.34. The second-order valence-electron chi connectivity index (χ2n) is 4.95. The van der Waals surface area contributed by atoms with Gasteiger partial charge in [-0.15, -0.1) is 0 Å². The summed E-state index contributed by atoms with van der Waals surface area (Å²) in [6.07, 6.45) is -2.25. The third-order valence-corrected chi connectivity index (χ3v) is 3.95. The highest BCUT2D eigenvalue weighted by Gasteiger charge is 2.41. The molecule has 0 aliphatic carbocycles. The fourth-order valence-corrected chi connectivity index (χ4v) is 2.78. The molecule has 1 aromatic carbocycles. The lowest BCUT2D eigenvalue weighted by atomic mass is 10.1. The van der Waals surface area contributed by atoms with Gasteiger partial charge in [0.1, 0.15) is 12.2 Å². The predicted molar refractivity (Wildman–Crippen MR) is 74.8 cm³/mol. The Bertz CT molecular complexity index is 714. The lowest BCUT2D eigenvalue weighted by Gasteiger charge is -2.18. The van der Waals surface area contributed by atoms with Crippen LogP contribution in [0.1, 0.15) is 13.2 Å². The van der Waals surface area contributed by atoms with Crippen LogP contribution in [-0.4, -0.2) is 33.1 Å². The Morgan fingerprint density at radius 2 is 1.85 bits per heavy atom. The van der Waals surface area contributed by atoms with Crippen LogP contribution >= 0.6 is 11.6 Å². The number of nitrogens with zero attached hydrogens (tertiary/aromatic N) is 1. The first-order valence-corrected chi connectivity index (χ1v) is 6.69. The zero-order chi connectivity index (χ0) is 14.4. The predicted octanol–water partition coefficient (Wildman–Crippen LogP) is 1.29. The number of hydrogen-bond donors (Lipinski definition) is 2. The fourth-order valence-electron chi connectivity index (χ4n) is 2.51. The van der Waals surface area contributed by atoms with Crippen LogP contribution in [0, 0.1) is 0 Å². The maximum atomic E-state index is 12.5. The average molecular weight is 296 g/mol. The molecule has 4 atom stereocenters. The number of aliphatic hydroxyl groups is 2. The molecule has 2 heterocycles. The number of rotatable bonds is 1. The van der Waals surface area contributed by atoms with Gasteiger partial charge in [0.05, 0.1) is 11.1 Å². The van der Waals surface area contributed by atoms with Crippen LogP contribution in [0.5, 0.6) is 0 Å². The Labute approximate surface area is 120 Å². The van der Waals surface area contributed by atoms with E-state index in [1.165, 1.54) is 10.8 Å². The first kappa shape index (κ1) is 13.6. The average Bonchev–Trinajstić information content (AvgIpc) is 2.70. The smallest absolute Gasteiger partial charge is 0.260 e. The maximum Gasteiger partial charge on any atom is 0.260 e. The van der Waals surface area contributed by atoms with Gasteiger partial charge in [-0.3, -0.25) is 9.36 Å². The van der Waals surface area contributed by atoms with Crippen molar-refractivity contribution in [3.63, 3.8) is 0 Å². The molecule has 1 aromatic heterocycles. The van der Waals surface area contributed by atoms with E-state index in [9.17, 15) is 15.0 Å². The van der Waals surface area contributed by atoms with Crippen LogP contribution in [0.15, 0.2) is 35.3 Å². The van der Waals surface area contributed by atoms with Gasteiger partial charge in [-0.05, 0) is 13.0 Å². The highest BCUT2D eigenvalue weighted by Crippen LogP contribution is 2.30. The second-order valence-corrected chi connectivity index (χ2v) is 5.36. The first-order chi connectivity index (χ1) is 9.50. The molecule has 2 N–H and O–H groups in total. The van der Waals surface area contributed by atoms with Gasteiger partial charge >= 0.3 is 0 Å². The molecule has 3 rings (SSSR count). The van der Waals surface area contributed by atoms with E-state index in [0.717, 1.165) is 0 Å². The number of pyridine rings is 1. The lowest BCUT2D eigenvalue weighted by molar-refractivity contribution is -0.0339. The van der Waals surface area contributed by atoms with Gasteiger partial charge in [-0.2, -0.15) is 0 Å². The van der Waals surface area contributed by atoms with Gasteiger partial charge in [0, 0.05) is 17.0 Å². The topological polar surface area (TPSA) is 71.7 Å². The van der Waals surface area contributed by atoms with E-state index in [2.05, 4.69) is 0 Å². The Kier molecular flexibility index (Phi) is 3.30. The minimum atomic E-state index is -1.17. The van der Waals surface area contributed by atoms with Crippen molar-refractivity contribution in [3.05, 3.63) is 45.8 Å². The van der Waals surface area contributed by atoms with Crippen LogP contribution in [0.25, 0.3) is 10.8 Å². The van der Waals surface area contributed by atoms with E-state index >= 15 is 0 Å². The molecule has 0 saturated carbocycles. The van der Waals surface area contributed by atoms with Crippen LogP contribution in [0.3, 0.4) is 0 Å². The number of ether oxygens (including phenoxy) is 1. The standard InChI is InChI=1S/C14H14ClNO4/c1-7-11(17)12(18)14(20-7)16-6-10(15)8-4-2-3-5-9(8)13(16)19/h2-7,11-12,14,17-18H,1H3. The van der Waals surface area contributed by atoms with Gasteiger partial charge in [0.2, 0.25) is 0 Å². The summed E-state index contributed by atoms with van der Waals surface area (Å²) in [4.78, 5) is 12.5. The zero-order valence-corrected chi connectivity index (χ0v) is 11.5. The number of aliphatic hydroxyl groups excluding tert-OH is 2. The van der Waals surface area contributed by atoms with Crippen molar-refractivity contribution in [1.82, 2.24) is 4.57 Å². The van der Waals surface area contributed by atoms with E-state index in [4.69, 9.17) is 16.3 Å². The zero-order valence-electron chi connectivity index (χ0n) is 10.7. The molecule has 0 bridgehead atoms. The molecule has 1 aliphatic rings. The van der Waals surface area contributed by atoms with Crippen molar-refractivity contribution < 1.29 is 14.9 Å². The van der Waals surface area contributed by atoms with Crippen molar-refractivity contribution in [2.45, 2.75) is 31.5 Å². The van der Waals surface area contributed by atoms with E-state index in [1.54, 1.807) is 31.2 Å². The maximum absolute atomic E-state index is 12.5. The molecule has 5 nitrogen and oxygen atoms in total. The van der Waals surface area contributed by atoms with E-state index in [0.29, 0.717) is 15.8 Å². The van der Waals surface area contributed by atoms with Crippen LogP contribution in [-0.2, 0) is 4.74 Å². The molecule has 106 valence electrons. The van der Waals surface area contributed by atoms with Crippen molar-refractivity contribution in [1.29, 1.82) is 0 Å². The third kappa shape index (κ3) is 1.94. The Morgan fingerprint density at radius 3 is 2.45 bits per heavy atom. The van der Waals surface area contributed by atoms with E-state index in [1.807, 2.05) is 0 Å². The summed E-state index contributed by atoms with van der Waals surface area (Å²) in [5.41, 5.74) is -0.310. The summed E-state index contributed by atoms with van der Waals surface area (Å²) in [6.45, 7) is 1.64. The Morgan fingerprint density at radius 1 is 1.20 bits per heavy atom. The van der Waals surface area contributed by atoms with Crippen LogP contribution < -0.4 is 5.56 Å². The first-order valence-electron chi connectivity index (χ1n) is 6.31. The third-order valence-electron chi connectivity index (χ3n) is 3.65. The highest BCUT2D eigenvalue weighted by atomic mass is 35.5. The van der Waals surface area contributed by atoms with E-state index in [-0.39, 0.29) is 5.56 Å². The molecule has 2 aromatic rings. The minimum absolute atomic E-state index is 0.310. The van der Waals surface area contributed by atoms with Gasteiger partial charge in [-0.1, -0.05) is 29.8 Å². The summed E-state index contributed by atoms with van der Waals surface area (Å²) < 4.78 is 6.70. The summed E-state index contributed by atoms with van der Waals surface area (Å²) in [5, 5.41) is 21.2. The molecule has 1 fully saturated rings. The van der Waals surface area contributed by atoms with Crippen molar-refractivity contribution >= 4 is 22.4 Å². The molecule has 1 aliphatic heterocycles. The van der Waals surface area contributed by atoms with Crippen molar-refractivity contribution in [3.8, 4) is 0 Å². The molecule has 4 unspecified atom stereocenters. The Balaban J connectivity index is 2.18. The highest BCUT2D eigenvalue weighted by molar-refractivity contribution is 6.35. The summed E-state index contributed by atoms with van der Waals surface area (Å²) >= 11 is 6.17. The fraction of sp³-hybridized carbons (Fsp3) is 0.357. The molecule has 1 saturated heterocycles. The number of hydrogen-bond acceptors (Lipinski definition) is 4. The minimum Gasteiger partial charge on any atom is -0.388 e. The molecule has 6 heteroatoms. The molecule has 0 radical (unpaired) electrons. The number of benzene rings is 1. The Hall–Kier alpha value is -1.40.